The maximum absolute atomic E-state index is 13.7. The van der Waals surface area contributed by atoms with Crippen LogP contribution in [-0.2, 0) is 17.8 Å². The maximum atomic E-state index is 13.7. The van der Waals surface area contributed by atoms with Crippen molar-refractivity contribution in [3.05, 3.63) is 83.2 Å². The molecule has 0 spiro atoms. The van der Waals surface area contributed by atoms with Gasteiger partial charge in [0.05, 0.1) is 17.1 Å². The average Bonchev–Trinajstić information content (AvgIpc) is 3.64. The van der Waals surface area contributed by atoms with E-state index in [9.17, 15) is 14.0 Å². The molecule has 3 heterocycles. The summed E-state index contributed by atoms with van der Waals surface area (Å²) in [5.41, 5.74) is 4.06. The molecule has 0 saturated carbocycles. The van der Waals surface area contributed by atoms with Crippen LogP contribution in [0.3, 0.4) is 0 Å². The SMILES string of the molecule is CCC(c1ccc(F)cc1)C(NC(=O)c1ccnn1CC)c1nc2ccc(CC3CCNC3=O)cc2[nH]1. The Morgan fingerprint density at radius 1 is 1.19 bits per heavy atom. The number of aromatic amines is 1. The Balaban J connectivity index is 1.50. The van der Waals surface area contributed by atoms with E-state index in [-0.39, 0.29) is 29.5 Å². The minimum atomic E-state index is -0.486. The van der Waals surface area contributed by atoms with Gasteiger partial charge in [-0.1, -0.05) is 25.1 Å². The van der Waals surface area contributed by atoms with Gasteiger partial charge in [-0.2, -0.15) is 5.10 Å². The zero-order chi connectivity index (χ0) is 25.9. The first kappa shape index (κ1) is 24.7. The number of nitrogens with zero attached hydrogens (tertiary/aromatic N) is 3. The number of rotatable bonds is 9. The Morgan fingerprint density at radius 2 is 2.00 bits per heavy atom. The Morgan fingerprint density at radius 3 is 2.70 bits per heavy atom. The van der Waals surface area contributed by atoms with E-state index < -0.39 is 6.04 Å². The summed E-state index contributed by atoms with van der Waals surface area (Å²) >= 11 is 0. The predicted octanol–water partition coefficient (Wildman–Crippen LogP) is 4.26. The van der Waals surface area contributed by atoms with Crippen LogP contribution in [0, 0.1) is 11.7 Å². The first-order valence-electron chi connectivity index (χ1n) is 12.8. The van der Waals surface area contributed by atoms with Gasteiger partial charge < -0.3 is 15.6 Å². The molecule has 5 rings (SSSR count). The molecule has 3 unspecified atom stereocenters. The van der Waals surface area contributed by atoms with Crippen molar-refractivity contribution >= 4 is 22.8 Å². The second-order valence-electron chi connectivity index (χ2n) is 9.50. The summed E-state index contributed by atoms with van der Waals surface area (Å²) < 4.78 is 15.3. The summed E-state index contributed by atoms with van der Waals surface area (Å²) in [7, 11) is 0. The third-order valence-electron chi connectivity index (χ3n) is 7.18. The number of amides is 2. The number of hydrogen-bond acceptors (Lipinski definition) is 4. The molecule has 1 fully saturated rings. The topological polar surface area (TPSA) is 105 Å². The molecular weight excluding hydrogens is 471 g/mol. The van der Waals surface area contributed by atoms with Gasteiger partial charge in [0.25, 0.3) is 5.91 Å². The van der Waals surface area contributed by atoms with Gasteiger partial charge in [0.1, 0.15) is 17.3 Å². The highest BCUT2D eigenvalue weighted by molar-refractivity contribution is 5.93. The molecular formula is C28H31FN6O2. The molecule has 1 aliphatic heterocycles. The number of aromatic nitrogens is 4. The maximum Gasteiger partial charge on any atom is 0.270 e. The molecule has 0 aliphatic carbocycles. The van der Waals surface area contributed by atoms with E-state index >= 15 is 0 Å². The van der Waals surface area contributed by atoms with Crippen molar-refractivity contribution < 1.29 is 14.0 Å². The first-order chi connectivity index (χ1) is 18.0. The lowest BCUT2D eigenvalue weighted by Crippen LogP contribution is -2.34. The normalized spacial score (nSPS) is 17.1. The van der Waals surface area contributed by atoms with Crippen molar-refractivity contribution in [3.63, 3.8) is 0 Å². The fourth-order valence-corrected chi connectivity index (χ4v) is 5.20. The number of imidazole rings is 1. The molecule has 2 amide bonds. The Hall–Kier alpha value is -4.01. The molecule has 9 heteroatoms. The standard InChI is InChI=1S/C28H31FN6O2/c1-3-21(18-6-8-20(29)9-7-18)25(34-28(37)24-12-14-31-35(24)4-2)26-32-22-10-5-17(16-23(22)33-26)15-19-11-13-30-27(19)36/h5-10,12,14,16,19,21,25H,3-4,11,13,15H2,1-2H3,(H,30,36)(H,32,33)(H,34,37). The zero-order valence-corrected chi connectivity index (χ0v) is 21.0. The number of fused-ring (bicyclic) bond motifs is 1. The predicted molar refractivity (Wildman–Crippen MR) is 138 cm³/mol. The molecule has 192 valence electrons. The molecule has 1 saturated heterocycles. The molecule has 3 atom stereocenters. The Kier molecular flexibility index (Phi) is 7.03. The zero-order valence-electron chi connectivity index (χ0n) is 21.0. The van der Waals surface area contributed by atoms with Crippen LogP contribution >= 0.6 is 0 Å². The molecule has 2 aromatic heterocycles. The van der Waals surface area contributed by atoms with Crippen LogP contribution < -0.4 is 10.6 Å². The van der Waals surface area contributed by atoms with E-state index in [1.165, 1.54) is 12.1 Å². The summed E-state index contributed by atoms with van der Waals surface area (Å²) in [6.07, 6.45) is 3.81. The fraction of sp³-hybridized carbons (Fsp3) is 0.357. The largest absolute Gasteiger partial charge is 0.356 e. The van der Waals surface area contributed by atoms with Gasteiger partial charge in [-0.3, -0.25) is 14.3 Å². The van der Waals surface area contributed by atoms with Gasteiger partial charge in [-0.15, -0.1) is 0 Å². The van der Waals surface area contributed by atoms with Gasteiger partial charge >= 0.3 is 0 Å². The van der Waals surface area contributed by atoms with E-state index in [2.05, 4.69) is 20.7 Å². The third kappa shape index (κ3) is 5.12. The second-order valence-corrected chi connectivity index (χ2v) is 9.50. The number of benzene rings is 2. The van der Waals surface area contributed by atoms with Gasteiger partial charge in [0.2, 0.25) is 5.91 Å². The minimum absolute atomic E-state index is 0.0155. The highest BCUT2D eigenvalue weighted by atomic mass is 19.1. The van der Waals surface area contributed by atoms with Crippen molar-refractivity contribution in [1.82, 2.24) is 30.4 Å². The van der Waals surface area contributed by atoms with Gasteiger partial charge in [0.15, 0.2) is 0 Å². The van der Waals surface area contributed by atoms with E-state index in [1.807, 2.05) is 32.0 Å². The molecule has 0 bridgehead atoms. The number of nitrogens with one attached hydrogen (secondary N) is 3. The van der Waals surface area contributed by atoms with E-state index in [4.69, 9.17) is 4.98 Å². The Labute approximate surface area is 214 Å². The molecule has 0 radical (unpaired) electrons. The Bertz CT molecular complexity index is 1410. The number of carbonyl (C=O) groups excluding carboxylic acids is 2. The third-order valence-corrected chi connectivity index (χ3v) is 7.18. The fourth-order valence-electron chi connectivity index (χ4n) is 5.20. The molecule has 2 aromatic carbocycles. The summed E-state index contributed by atoms with van der Waals surface area (Å²) in [4.78, 5) is 33.7. The van der Waals surface area contributed by atoms with E-state index in [0.717, 1.165) is 35.1 Å². The summed E-state index contributed by atoms with van der Waals surface area (Å²) in [6, 6.07) is 13.6. The lowest BCUT2D eigenvalue weighted by atomic mass is 9.88. The lowest BCUT2D eigenvalue weighted by molar-refractivity contribution is -0.122. The first-order valence-corrected chi connectivity index (χ1v) is 12.8. The average molecular weight is 503 g/mol. The molecule has 3 N–H and O–H groups in total. The van der Waals surface area contributed by atoms with Crippen molar-refractivity contribution in [2.24, 2.45) is 5.92 Å². The van der Waals surface area contributed by atoms with E-state index in [1.54, 1.807) is 29.1 Å². The van der Waals surface area contributed by atoms with Crippen LogP contribution in [-0.4, -0.2) is 38.1 Å². The van der Waals surface area contributed by atoms with Crippen LogP contribution in [0.5, 0.6) is 0 Å². The highest BCUT2D eigenvalue weighted by Crippen LogP contribution is 2.34. The number of hydrogen-bond donors (Lipinski definition) is 3. The van der Waals surface area contributed by atoms with Gasteiger partial charge in [-0.25, -0.2) is 9.37 Å². The number of halogens is 1. The van der Waals surface area contributed by atoms with Crippen LogP contribution in [0.4, 0.5) is 4.39 Å². The van der Waals surface area contributed by atoms with Crippen molar-refractivity contribution in [2.45, 2.75) is 51.6 Å². The van der Waals surface area contributed by atoms with Crippen molar-refractivity contribution in [1.29, 1.82) is 0 Å². The van der Waals surface area contributed by atoms with Crippen LogP contribution in [0.25, 0.3) is 11.0 Å². The number of aryl methyl sites for hydroxylation is 1. The summed E-state index contributed by atoms with van der Waals surface area (Å²) in [5.74, 6) is 0.00184. The second kappa shape index (κ2) is 10.5. The van der Waals surface area contributed by atoms with Gasteiger partial charge in [-0.05, 0) is 67.6 Å². The monoisotopic (exact) mass is 502 g/mol. The molecule has 1 aliphatic rings. The number of carbonyl (C=O) groups is 2. The lowest BCUT2D eigenvalue weighted by Gasteiger charge is -2.26. The molecule has 4 aromatic rings. The smallest absolute Gasteiger partial charge is 0.270 e. The van der Waals surface area contributed by atoms with Crippen LogP contribution in [0.1, 0.15) is 66.1 Å². The minimum Gasteiger partial charge on any atom is -0.356 e. The highest BCUT2D eigenvalue weighted by Gasteiger charge is 2.30. The van der Waals surface area contributed by atoms with Crippen LogP contribution in [0.15, 0.2) is 54.7 Å². The quantitative estimate of drug-likeness (QED) is 0.318. The number of H-pyrrole nitrogens is 1. The summed E-state index contributed by atoms with van der Waals surface area (Å²) in [6.45, 7) is 5.26. The van der Waals surface area contributed by atoms with Gasteiger partial charge in [0, 0.05) is 31.1 Å². The van der Waals surface area contributed by atoms with E-state index in [0.29, 0.717) is 30.9 Å². The molecule has 8 nitrogen and oxygen atoms in total. The van der Waals surface area contributed by atoms with Crippen LogP contribution in [0.2, 0.25) is 0 Å². The van der Waals surface area contributed by atoms with Crippen molar-refractivity contribution in [3.8, 4) is 0 Å². The summed E-state index contributed by atoms with van der Waals surface area (Å²) in [5, 5.41) is 10.3. The van der Waals surface area contributed by atoms with Crippen molar-refractivity contribution in [2.75, 3.05) is 6.54 Å². The molecule has 37 heavy (non-hydrogen) atoms.